The van der Waals surface area contributed by atoms with Crippen LogP contribution in [0.2, 0.25) is 0 Å². The first-order chi connectivity index (χ1) is 36.3. The van der Waals surface area contributed by atoms with Gasteiger partial charge in [-0.05, 0) is 78.1 Å². The maximum atomic E-state index is 13.6. The van der Waals surface area contributed by atoms with Crippen molar-refractivity contribution in [2.45, 2.75) is 212 Å². The van der Waals surface area contributed by atoms with Gasteiger partial charge in [0.2, 0.25) is 17.7 Å². The van der Waals surface area contributed by atoms with Crippen LogP contribution in [0.3, 0.4) is 0 Å². The van der Waals surface area contributed by atoms with E-state index < -0.39 is 84.3 Å². The number of imidazole rings is 1. The van der Waals surface area contributed by atoms with Crippen molar-refractivity contribution in [1.82, 2.24) is 31.2 Å². The number of carboxylic acid groups (broad SMARTS) is 3. The average molecular weight is 1080 g/mol. The summed E-state index contributed by atoms with van der Waals surface area (Å²) in [5, 5.41) is 38.0. The first kappa shape index (κ1) is 68.6. The fourth-order valence-electron chi connectivity index (χ4n) is 8.26. The van der Waals surface area contributed by atoms with E-state index >= 15 is 0 Å². The Bertz CT molecular complexity index is 1880. The molecule has 1 heterocycles. The van der Waals surface area contributed by atoms with Gasteiger partial charge in [-0.25, -0.2) is 4.98 Å². The molecular weight excluding hydrogens is 987 g/mol. The number of aromatic amines is 1. The van der Waals surface area contributed by atoms with Crippen LogP contribution in [0.15, 0.2) is 12.5 Å². The van der Waals surface area contributed by atoms with Gasteiger partial charge in [0.25, 0.3) is 0 Å². The molecule has 1 aromatic heterocycles. The standard InChI is InChI=1S/C54H91N7O15/c1-54(2,47(65)25-19-21-40-35-56-39-60-40)53(74)61-43(27-29-50(69)70)46(64)37-58-42(45(63)36-59-44(52(55)73)28-30-51(71)72)24-17-18-31-57-48(66)38-76-34-33-75-32-20-23-41(62)22-15-13-11-9-7-5-3-4-6-8-10-12-14-16-26-49(67)68/h35,39,42-44,58-59H,3-34,36-38H2,1-2H3,(H2,55,73)(H,56,60)(H,57,66)(H,61,74)(H,67,68)(H,69,70)(H,71,72)/t42-,43-,44-/m0/s1. The van der Waals surface area contributed by atoms with E-state index in [0.717, 1.165) is 44.2 Å². The molecule has 0 aromatic carbocycles. The Kier molecular flexibility index (Phi) is 38.5. The molecule has 0 saturated heterocycles. The maximum Gasteiger partial charge on any atom is 0.303 e. The van der Waals surface area contributed by atoms with Gasteiger partial charge in [0.1, 0.15) is 23.6 Å². The van der Waals surface area contributed by atoms with Crippen LogP contribution in [0.25, 0.3) is 0 Å². The Morgan fingerprint density at radius 3 is 1.64 bits per heavy atom. The van der Waals surface area contributed by atoms with E-state index in [2.05, 4.69) is 31.2 Å². The van der Waals surface area contributed by atoms with E-state index in [0.29, 0.717) is 51.6 Å². The summed E-state index contributed by atoms with van der Waals surface area (Å²) in [5.74, 6) is -6.39. The second kappa shape index (κ2) is 42.6. The molecule has 22 nitrogen and oxygen atoms in total. The Balaban J connectivity index is 2.45. The third-order valence-corrected chi connectivity index (χ3v) is 13.1. The van der Waals surface area contributed by atoms with Gasteiger partial charge in [0.05, 0.1) is 50.8 Å². The number of Topliss-reactive ketones (excluding diaryl/α,β-unsaturated/α-hetero) is 4. The summed E-state index contributed by atoms with van der Waals surface area (Å²) in [4.78, 5) is 130. The Morgan fingerprint density at radius 2 is 1.09 bits per heavy atom. The molecule has 3 atom stereocenters. The highest BCUT2D eigenvalue weighted by Gasteiger charge is 2.37. The van der Waals surface area contributed by atoms with Gasteiger partial charge in [-0.2, -0.15) is 0 Å². The minimum absolute atomic E-state index is 0.0619. The minimum atomic E-state index is -1.55. The van der Waals surface area contributed by atoms with E-state index in [1.54, 1.807) is 6.20 Å². The van der Waals surface area contributed by atoms with Crippen LogP contribution in [-0.4, -0.2) is 148 Å². The number of amides is 3. The van der Waals surface area contributed by atoms with Gasteiger partial charge in [-0.3, -0.25) is 53.3 Å². The molecule has 0 unspecified atom stereocenters. The van der Waals surface area contributed by atoms with Crippen molar-refractivity contribution >= 4 is 58.8 Å². The molecule has 1 rings (SSSR count). The van der Waals surface area contributed by atoms with Crippen molar-refractivity contribution < 1.29 is 72.7 Å². The lowest BCUT2D eigenvalue weighted by Gasteiger charge is -2.26. The van der Waals surface area contributed by atoms with Crippen LogP contribution in [0.5, 0.6) is 0 Å². The van der Waals surface area contributed by atoms with E-state index in [-0.39, 0.29) is 82.4 Å². The summed E-state index contributed by atoms with van der Waals surface area (Å²) in [6.45, 7) is 2.80. The smallest absolute Gasteiger partial charge is 0.303 e. The molecule has 1 aromatic rings. The van der Waals surface area contributed by atoms with Crippen molar-refractivity contribution in [2.75, 3.05) is 46.1 Å². The molecule has 0 saturated carbocycles. The third-order valence-electron chi connectivity index (χ3n) is 13.1. The molecule has 0 aliphatic heterocycles. The zero-order chi connectivity index (χ0) is 56.4. The predicted octanol–water partition coefficient (Wildman–Crippen LogP) is 5.08. The van der Waals surface area contributed by atoms with Crippen molar-refractivity contribution in [3.05, 3.63) is 18.2 Å². The highest BCUT2D eigenvalue weighted by atomic mass is 16.5. The molecule has 0 spiro atoms. The molecule has 0 aliphatic carbocycles. The monoisotopic (exact) mass is 1080 g/mol. The second-order valence-corrected chi connectivity index (χ2v) is 20.1. The number of carbonyl (C=O) groups excluding carboxylic acids is 7. The number of aryl methyl sites for hydroxylation is 1. The quantitative estimate of drug-likeness (QED) is 0.0303. The number of nitrogens with one attached hydrogen (secondary N) is 5. The van der Waals surface area contributed by atoms with Crippen LogP contribution in [0.1, 0.15) is 193 Å². The number of primary amides is 1. The van der Waals surface area contributed by atoms with Crippen LogP contribution in [0, 0.1) is 5.41 Å². The van der Waals surface area contributed by atoms with Crippen LogP contribution < -0.4 is 27.0 Å². The number of hydrogen-bond donors (Lipinski definition) is 9. The predicted molar refractivity (Wildman–Crippen MR) is 283 cm³/mol. The molecule has 10 N–H and O–H groups in total. The van der Waals surface area contributed by atoms with Gasteiger partial charge in [-0.1, -0.05) is 77.0 Å². The maximum absolute atomic E-state index is 13.6. The van der Waals surface area contributed by atoms with Crippen molar-refractivity contribution in [3.8, 4) is 0 Å². The Labute approximate surface area is 448 Å². The highest BCUT2D eigenvalue weighted by Crippen LogP contribution is 2.22. The number of ketones is 4. The molecule has 0 bridgehead atoms. The topological polar surface area (TPSA) is 353 Å². The minimum Gasteiger partial charge on any atom is -0.481 e. The van der Waals surface area contributed by atoms with Crippen LogP contribution in [0.4, 0.5) is 0 Å². The summed E-state index contributed by atoms with van der Waals surface area (Å²) >= 11 is 0. The molecule has 0 aliphatic rings. The first-order valence-electron chi connectivity index (χ1n) is 27.6. The molecular formula is C54H91N7O15. The number of rotatable bonds is 53. The summed E-state index contributed by atoms with van der Waals surface area (Å²) in [6, 6.07) is -3.46. The zero-order valence-corrected chi connectivity index (χ0v) is 45.4. The van der Waals surface area contributed by atoms with Gasteiger partial charge < -0.3 is 51.5 Å². The number of carbonyl (C=O) groups is 10. The van der Waals surface area contributed by atoms with E-state index in [1.165, 1.54) is 71.5 Å². The fraction of sp³-hybridized carbons (Fsp3) is 0.759. The second-order valence-electron chi connectivity index (χ2n) is 20.1. The van der Waals surface area contributed by atoms with Gasteiger partial charge in [-0.15, -0.1) is 0 Å². The summed E-state index contributed by atoms with van der Waals surface area (Å²) < 4.78 is 11.0. The van der Waals surface area contributed by atoms with Gasteiger partial charge >= 0.3 is 17.9 Å². The Morgan fingerprint density at radius 1 is 0.579 bits per heavy atom. The highest BCUT2D eigenvalue weighted by molar-refractivity contribution is 6.06. The average Bonchev–Trinajstić information content (AvgIpc) is 3.89. The van der Waals surface area contributed by atoms with Crippen LogP contribution in [-0.2, 0) is 63.8 Å². The number of ether oxygens (including phenoxy) is 2. The fourth-order valence-corrected chi connectivity index (χ4v) is 8.26. The van der Waals surface area contributed by atoms with Crippen molar-refractivity contribution in [3.63, 3.8) is 0 Å². The van der Waals surface area contributed by atoms with E-state index in [9.17, 15) is 53.1 Å². The van der Waals surface area contributed by atoms with Crippen LogP contribution >= 0.6 is 0 Å². The molecule has 76 heavy (non-hydrogen) atoms. The number of hydrogen-bond acceptors (Lipinski definition) is 15. The van der Waals surface area contributed by atoms with Gasteiger partial charge in [0.15, 0.2) is 11.6 Å². The molecule has 0 radical (unpaired) electrons. The lowest BCUT2D eigenvalue weighted by molar-refractivity contribution is -0.143. The number of H-pyrrole nitrogens is 1. The first-order valence-corrected chi connectivity index (χ1v) is 27.6. The normalized spacial score (nSPS) is 12.6. The number of aliphatic carboxylic acids is 3. The lowest BCUT2D eigenvalue weighted by Crippen LogP contribution is -2.53. The zero-order valence-electron chi connectivity index (χ0n) is 45.4. The third kappa shape index (κ3) is 35.7. The Hall–Kier alpha value is -5.45. The lowest BCUT2D eigenvalue weighted by atomic mass is 9.84. The van der Waals surface area contributed by atoms with E-state index in [4.69, 9.17) is 25.4 Å². The largest absolute Gasteiger partial charge is 0.481 e. The molecule has 432 valence electrons. The summed E-state index contributed by atoms with van der Waals surface area (Å²) in [6.07, 6.45) is 21.6. The van der Waals surface area contributed by atoms with E-state index in [1.807, 2.05) is 0 Å². The van der Waals surface area contributed by atoms with Gasteiger partial charge in [0, 0.05) is 63.6 Å². The van der Waals surface area contributed by atoms with Crippen molar-refractivity contribution in [1.29, 1.82) is 0 Å². The molecule has 22 heteroatoms. The number of nitrogens with zero attached hydrogens (tertiary/aromatic N) is 1. The number of nitrogens with two attached hydrogens (primary N) is 1. The number of carboxylic acids is 3. The molecule has 0 fully saturated rings. The van der Waals surface area contributed by atoms with Crippen molar-refractivity contribution in [2.24, 2.45) is 11.1 Å². The summed E-state index contributed by atoms with van der Waals surface area (Å²) in [7, 11) is 0. The molecule has 3 amide bonds. The SMILES string of the molecule is CC(C)(C(=O)CCCc1cnc[nH]1)C(=O)N[C@@H](CCC(=O)O)C(=O)CN[C@@H](CCCCNC(=O)COCCOCCCC(=O)CCCCCCCCCCCCCCCCC(=O)O)C(=O)CN[C@@H](CCC(=O)O)C(N)=O. The summed E-state index contributed by atoms with van der Waals surface area (Å²) in [5.41, 5.74) is 4.69. The number of unbranched alkanes of at least 4 members (excludes halogenated alkanes) is 14. The number of aromatic nitrogens is 2.